The first-order valence-electron chi connectivity index (χ1n) is 5.86. The summed E-state index contributed by atoms with van der Waals surface area (Å²) in [5, 5.41) is -0.0645. The summed E-state index contributed by atoms with van der Waals surface area (Å²) in [5.41, 5.74) is 5.59. The molecule has 1 aromatic heterocycles. The summed E-state index contributed by atoms with van der Waals surface area (Å²) in [6.07, 6.45) is 2.44. The second-order valence-electron chi connectivity index (χ2n) is 4.61. The van der Waals surface area contributed by atoms with Crippen LogP contribution < -0.4 is 5.73 Å². The van der Waals surface area contributed by atoms with Gasteiger partial charge in [-0.2, -0.15) is 8.61 Å². The van der Waals surface area contributed by atoms with E-state index in [0.717, 1.165) is 6.26 Å². The van der Waals surface area contributed by atoms with Crippen LogP contribution in [0.4, 0.5) is 5.82 Å². The summed E-state index contributed by atoms with van der Waals surface area (Å²) in [7, 11) is -5.51. The Labute approximate surface area is 118 Å². The highest BCUT2D eigenvalue weighted by atomic mass is 32.2. The molecule has 2 N–H and O–H groups in total. The van der Waals surface area contributed by atoms with Gasteiger partial charge in [-0.05, 0) is 0 Å². The molecule has 0 bridgehead atoms. The predicted molar refractivity (Wildman–Crippen MR) is 72.8 cm³/mol. The molecule has 0 amide bonds. The maximum atomic E-state index is 12.5. The SMILES string of the molecule is Cn1cnc(N)c1S(=O)(=O)N1CCN(S(C)(=O)=O)CC1. The van der Waals surface area contributed by atoms with Crippen LogP contribution in [0.1, 0.15) is 0 Å². The van der Waals surface area contributed by atoms with Crippen LogP contribution in [0.25, 0.3) is 0 Å². The summed E-state index contributed by atoms with van der Waals surface area (Å²) in [5.74, 6) is -0.0574. The highest BCUT2D eigenvalue weighted by Gasteiger charge is 2.34. The molecule has 11 heteroatoms. The van der Waals surface area contributed by atoms with Crippen molar-refractivity contribution in [3.63, 3.8) is 0 Å². The molecule has 1 aliphatic heterocycles. The molecular weight excluding hydrogens is 306 g/mol. The van der Waals surface area contributed by atoms with Crippen molar-refractivity contribution in [2.75, 3.05) is 38.2 Å². The van der Waals surface area contributed by atoms with E-state index in [1.165, 1.54) is 19.5 Å². The van der Waals surface area contributed by atoms with Crippen LogP contribution >= 0.6 is 0 Å². The Morgan fingerprint density at radius 2 is 1.60 bits per heavy atom. The molecular formula is C9H17N5O4S2. The summed E-state index contributed by atoms with van der Waals surface area (Å²) in [6.45, 7) is 0.464. The molecule has 1 fully saturated rings. The third kappa shape index (κ3) is 2.66. The molecule has 0 atom stereocenters. The molecule has 1 aromatic rings. The van der Waals surface area contributed by atoms with Crippen LogP contribution in [0.15, 0.2) is 11.4 Å². The second kappa shape index (κ2) is 4.98. The van der Waals surface area contributed by atoms with E-state index in [4.69, 9.17) is 5.73 Å². The minimum Gasteiger partial charge on any atom is -0.381 e. The van der Waals surface area contributed by atoms with Crippen LogP contribution in [0.3, 0.4) is 0 Å². The third-order valence-corrected chi connectivity index (χ3v) is 6.49. The molecule has 1 aliphatic rings. The van der Waals surface area contributed by atoms with Crippen LogP contribution in [0, 0.1) is 0 Å². The van der Waals surface area contributed by atoms with Crippen molar-refractivity contribution >= 4 is 25.9 Å². The van der Waals surface area contributed by atoms with Crippen LogP contribution in [0.5, 0.6) is 0 Å². The predicted octanol–water partition coefficient (Wildman–Crippen LogP) is -1.73. The zero-order valence-electron chi connectivity index (χ0n) is 11.2. The third-order valence-electron chi connectivity index (χ3n) is 3.16. The van der Waals surface area contributed by atoms with E-state index in [1.807, 2.05) is 0 Å². The topological polar surface area (TPSA) is 119 Å². The summed E-state index contributed by atoms with van der Waals surface area (Å²) >= 11 is 0. The Morgan fingerprint density at radius 3 is 2.00 bits per heavy atom. The number of sulfonamides is 2. The fourth-order valence-electron chi connectivity index (χ4n) is 2.12. The zero-order valence-corrected chi connectivity index (χ0v) is 12.9. The molecule has 0 radical (unpaired) electrons. The zero-order chi connectivity index (χ0) is 15.1. The number of aromatic nitrogens is 2. The van der Waals surface area contributed by atoms with Crippen LogP contribution in [0.2, 0.25) is 0 Å². The average Bonchev–Trinajstić information content (AvgIpc) is 2.68. The van der Waals surface area contributed by atoms with E-state index in [-0.39, 0.29) is 37.0 Å². The maximum absolute atomic E-state index is 12.5. The standard InChI is InChI=1S/C9H17N5O4S2/c1-12-7-11-8(10)9(12)20(17,18)14-5-3-13(4-6-14)19(2,15)16/h7H,3-6,10H2,1-2H3. The van der Waals surface area contributed by atoms with E-state index in [2.05, 4.69) is 4.98 Å². The van der Waals surface area contributed by atoms with Gasteiger partial charge in [0.15, 0.2) is 10.8 Å². The van der Waals surface area contributed by atoms with Crippen LogP contribution in [-0.2, 0) is 27.1 Å². The lowest BCUT2D eigenvalue weighted by molar-refractivity contribution is 0.273. The molecule has 0 spiro atoms. The van der Waals surface area contributed by atoms with Crippen molar-refractivity contribution in [3.8, 4) is 0 Å². The van der Waals surface area contributed by atoms with E-state index >= 15 is 0 Å². The number of aryl methyl sites for hydroxylation is 1. The smallest absolute Gasteiger partial charge is 0.262 e. The molecule has 0 saturated carbocycles. The van der Waals surface area contributed by atoms with E-state index < -0.39 is 20.0 Å². The Kier molecular flexibility index (Phi) is 3.79. The first kappa shape index (κ1) is 15.2. The molecule has 114 valence electrons. The normalized spacial score (nSPS) is 19.3. The lowest BCUT2D eigenvalue weighted by atomic mass is 10.4. The van der Waals surface area contributed by atoms with E-state index in [9.17, 15) is 16.8 Å². The van der Waals surface area contributed by atoms with E-state index in [0.29, 0.717) is 0 Å². The minimum absolute atomic E-state index is 0.0574. The number of nitrogen functional groups attached to an aromatic ring is 1. The van der Waals surface area contributed by atoms with E-state index in [1.54, 1.807) is 7.05 Å². The summed E-state index contributed by atoms with van der Waals surface area (Å²) in [6, 6.07) is 0. The van der Waals surface area contributed by atoms with Gasteiger partial charge in [-0.3, -0.25) is 0 Å². The number of rotatable bonds is 3. The fourth-order valence-corrected chi connectivity index (χ4v) is 4.56. The lowest BCUT2D eigenvalue weighted by Gasteiger charge is -2.32. The Hall–Kier alpha value is -1.17. The second-order valence-corrected chi connectivity index (χ2v) is 8.45. The van der Waals surface area contributed by atoms with Gasteiger partial charge in [-0.15, -0.1) is 0 Å². The molecule has 0 aromatic carbocycles. The highest BCUT2D eigenvalue weighted by Crippen LogP contribution is 2.22. The van der Waals surface area contributed by atoms with Crippen molar-refractivity contribution in [3.05, 3.63) is 6.33 Å². The van der Waals surface area contributed by atoms with Crippen molar-refractivity contribution in [2.45, 2.75) is 5.03 Å². The average molecular weight is 323 g/mol. The molecule has 9 nitrogen and oxygen atoms in total. The monoisotopic (exact) mass is 323 g/mol. The number of imidazole rings is 1. The molecule has 1 saturated heterocycles. The lowest BCUT2D eigenvalue weighted by Crippen LogP contribution is -2.50. The van der Waals surface area contributed by atoms with Gasteiger partial charge in [0.2, 0.25) is 10.0 Å². The Bertz CT molecular complexity index is 681. The number of hydrogen-bond donors (Lipinski definition) is 1. The van der Waals surface area contributed by atoms with Gasteiger partial charge >= 0.3 is 0 Å². The maximum Gasteiger partial charge on any atom is 0.262 e. The molecule has 0 aliphatic carbocycles. The Morgan fingerprint density at radius 1 is 1.10 bits per heavy atom. The minimum atomic E-state index is -3.76. The largest absolute Gasteiger partial charge is 0.381 e. The van der Waals surface area contributed by atoms with Crippen molar-refractivity contribution in [2.24, 2.45) is 7.05 Å². The molecule has 2 heterocycles. The number of piperazine rings is 1. The van der Waals surface area contributed by atoms with Gasteiger partial charge in [0.05, 0.1) is 12.6 Å². The van der Waals surface area contributed by atoms with Gasteiger partial charge in [0.1, 0.15) is 0 Å². The first-order valence-corrected chi connectivity index (χ1v) is 9.15. The van der Waals surface area contributed by atoms with Crippen LogP contribution in [-0.4, -0.2) is 67.4 Å². The molecule has 2 rings (SSSR count). The van der Waals surface area contributed by atoms with Gasteiger partial charge in [0.25, 0.3) is 10.0 Å². The van der Waals surface area contributed by atoms with Gasteiger partial charge in [-0.1, -0.05) is 0 Å². The summed E-state index contributed by atoms with van der Waals surface area (Å²) in [4.78, 5) is 3.76. The number of hydrogen-bond acceptors (Lipinski definition) is 6. The molecule has 20 heavy (non-hydrogen) atoms. The van der Waals surface area contributed by atoms with Gasteiger partial charge in [-0.25, -0.2) is 21.8 Å². The fraction of sp³-hybridized carbons (Fsp3) is 0.667. The Balaban J connectivity index is 2.22. The van der Waals surface area contributed by atoms with Crippen molar-refractivity contribution in [1.29, 1.82) is 0 Å². The summed E-state index contributed by atoms with van der Waals surface area (Å²) < 4.78 is 51.6. The first-order chi connectivity index (χ1) is 9.14. The van der Waals surface area contributed by atoms with Crippen molar-refractivity contribution in [1.82, 2.24) is 18.2 Å². The van der Waals surface area contributed by atoms with Crippen molar-refractivity contribution < 1.29 is 16.8 Å². The quantitative estimate of drug-likeness (QED) is 0.706. The van der Waals surface area contributed by atoms with Gasteiger partial charge in [0, 0.05) is 33.2 Å². The molecule has 0 unspecified atom stereocenters. The number of anilines is 1. The van der Waals surface area contributed by atoms with Gasteiger partial charge < -0.3 is 10.3 Å². The number of nitrogens with zero attached hydrogens (tertiary/aromatic N) is 4. The highest BCUT2D eigenvalue weighted by molar-refractivity contribution is 7.89. The number of nitrogens with two attached hydrogens (primary N) is 1.